The molecule has 1 N–H and O–H groups in total. The summed E-state index contributed by atoms with van der Waals surface area (Å²) in [5, 5.41) is 6.48. The maximum Gasteiger partial charge on any atom is 0.270 e. The van der Waals surface area contributed by atoms with Gasteiger partial charge in [0.2, 0.25) is 0 Å². The van der Waals surface area contributed by atoms with E-state index in [0.717, 1.165) is 5.56 Å². The number of hydrogen-bond acceptors (Lipinski definition) is 2. The van der Waals surface area contributed by atoms with Crippen LogP contribution in [0.3, 0.4) is 0 Å². The molecule has 1 rings (SSSR count). The Morgan fingerprint density at radius 1 is 1.30 bits per heavy atom. The maximum absolute atomic E-state index is 6.48. The smallest absolute Gasteiger partial charge is 0.270 e. The zero-order valence-electron chi connectivity index (χ0n) is 5.50. The van der Waals surface area contributed by atoms with E-state index in [-0.39, 0.29) is 0 Å². The van der Waals surface area contributed by atoms with Crippen LogP contribution in [0, 0.1) is 5.41 Å². The van der Waals surface area contributed by atoms with Gasteiger partial charge in [-0.25, -0.2) is 0 Å². The quantitative estimate of drug-likeness (QED) is 0.495. The van der Waals surface area contributed by atoms with Crippen LogP contribution in [0.25, 0.3) is 0 Å². The number of ether oxygens (including phenoxy) is 1. The van der Waals surface area contributed by atoms with Gasteiger partial charge in [-0.05, 0) is 5.56 Å². The lowest BCUT2D eigenvalue weighted by Gasteiger charge is -1.96. The Bertz CT molecular complexity index is 196. The van der Waals surface area contributed by atoms with E-state index < -0.39 is 0 Å². The highest BCUT2D eigenvalue weighted by atomic mass is 16.5. The Morgan fingerprint density at radius 3 is 2.60 bits per heavy atom. The highest BCUT2D eigenvalue weighted by Gasteiger charge is 1.86. The normalized spacial score (nSPS) is 8.80. The van der Waals surface area contributed by atoms with E-state index >= 15 is 0 Å². The third-order valence-corrected chi connectivity index (χ3v) is 1.15. The van der Waals surface area contributed by atoms with Crippen molar-refractivity contribution in [1.82, 2.24) is 0 Å². The summed E-state index contributed by atoms with van der Waals surface area (Å²) >= 11 is 0. The van der Waals surface area contributed by atoms with E-state index in [2.05, 4.69) is 4.74 Å². The molecule has 0 bridgehead atoms. The van der Waals surface area contributed by atoms with Crippen molar-refractivity contribution in [2.75, 3.05) is 0 Å². The minimum Gasteiger partial charge on any atom is -0.469 e. The zero-order chi connectivity index (χ0) is 7.23. The van der Waals surface area contributed by atoms with Crippen LogP contribution in [-0.2, 0) is 11.3 Å². The predicted molar refractivity (Wildman–Crippen MR) is 39.0 cm³/mol. The van der Waals surface area contributed by atoms with E-state index in [4.69, 9.17) is 5.41 Å². The van der Waals surface area contributed by atoms with Gasteiger partial charge in [0.25, 0.3) is 6.40 Å². The summed E-state index contributed by atoms with van der Waals surface area (Å²) in [5.74, 6) is 0. The van der Waals surface area contributed by atoms with Gasteiger partial charge >= 0.3 is 0 Å². The van der Waals surface area contributed by atoms with Crippen LogP contribution in [0.15, 0.2) is 30.3 Å². The molecule has 1 radical (unpaired) electrons. The van der Waals surface area contributed by atoms with E-state index in [1.165, 1.54) is 0 Å². The summed E-state index contributed by atoms with van der Waals surface area (Å²) < 4.78 is 4.64. The summed E-state index contributed by atoms with van der Waals surface area (Å²) in [5.41, 5.74) is 1.06. The molecule has 0 aliphatic carbocycles. The Morgan fingerprint density at radius 2 is 2.00 bits per heavy atom. The Kier molecular flexibility index (Phi) is 2.49. The topological polar surface area (TPSA) is 33.1 Å². The minimum absolute atomic E-state index is 0.435. The van der Waals surface area contributed by atoms with Crippen LogP contribution in [0.5, 0.6) is 0 Å². The van der Waals surface area contributed by atoms with Crippen LogP contribution < -0.4 is 0 Å². The Labute approximate surface area is 60.0 Å². The highest BCUT2D eigenvalue weighted by Crippen LogP contribution is 1.98. The summed E-state index contributed by atoms with van der Waals surface area (Å²) in [6, 6.07) is 9.69. The van der Waals surface area contributed by atoms with Gasteiger partial charge in [0.1, 0.15) is 6.61 Å². The molecule has 1 aromatic rings. The lowest BCUT2D eigenvalue weighted by Crippen LogP contribution is -1.87. The van der Waals surface area contributed by atoms with Crippen molar-refractivity contribution in [2.24, 2.45) is 0 Å². The average molecular weight is 134 g/mol. The lowest BCUT2D eigenvalue weighted by atomic mass is 10.2. The SMILES string of the molecule is N=[C]OCc1ccccc1. The second-order valence-corrected chi connectivity index (χ2v) is 1.88. The first-order valence-corrected chi connectivity index (χ1v) is 3.01. The lowest BCUT2D eigenvalue weighted by molar-refractivity contribution is 0.305. The molecule has 51 valence electrons. The molecule has 2 nitrogen and oxygen atoms in total. The van der Waals surface area contributed by atoms with E-state index in [0.29, 0.717) is 6.61 Å². The van der Waals surface area contributed by atoms with Crippen molar-refractivity contribution in [3.05, 3.63) is 35.9 Å². The van der Waals surface area contributed by atoms with Crippen molar-refractivity contribution in [3.63, 3.8) is 0 Å². The molecule has 0 saturated carbocycles. The van der Waals surface area contributed by atoms with Gasteiger partial charge in [-0.1, -0.05) is 30.3 Å². The number of benzene rings is 1. The molecule has 0 amide bonds. The van der Waals surface area contributed by atoms with E-state index in [1.54, 1.807) is 0 Å². The molecule has 0 aliphatic heterocycles. The molecule has 0 unspecified atom stereocenters. The number of nitrogens with one attached hydrogen (secondary N) is 1. The third-order valence-electron chi connectivity index (χ3n) is 1.15. The van der Waals surface area contributed by atoms with Gasteiger partial charge in [0, 0.05) is 0 Å². The van der Waals surface area contributed by atoms with Crippen molar-refractivity contribution in [2.45, 2.75) is 6.61 Å². The van der Waals surface area contributed by atoms with Crippen LogP contribution in [0.4, 0.5) is 0 Å². The molecule has 10 heavy (non-hydrogen) atoms. The van der Waals surface area contributed by atoms with Crippen LogP contribution >= 0.6 is 0 Å². The number of hydrogen-bond donors (Lipinski definition) is 1. The summed E-state index contributed by atoms with van der Waals surface area (Å²) in [6.45, 7) is 0.435. The van der Waals surface area contributed by atoms with Gasteiger partial charge in [-0.2, -0.15) is 0 Å². The molecule has 0 heterocycles. The molecule has 1 aromatic carbocycles. The monoisotopic (exact) mass is 134 g/mol. The Hall–Kier alpha value is -1.31. The van der Waals surface area contributed by atoms with Crippen LogP contribution in [0.1, 0.15) is 5.56 Å². The van der Waals surface area contributed by atoms with E-state index in [1.807, 2.05) is 36.7 Å². The standard InChI is InChI=1S/C8H8NO/c9-7-10-6-8-4-2-1-3-5-8/h1-5,9H,6H2. The van der Waals surface area contributed by atoms with Gasteiger partial charge in [-0.3, -0.25) is 5.41 Å². The summed E-state index contributed by atoms with van der Waals surface area (Å²) in [6.07, 6.45) is 1.87. The molecule has 0 spiro atoms. The summed E-state index contributed by atoms with van der Waals surface area (Å²) in [7, 11) is 0. The van der Waals surface area contributed by atoms with Crippen molar-refractivity contribution in [3.8, 4) is 0 Å². The first kappa shape index (κ1) is 6.81. The van der Waals surface area contributed by atoms with Gasteiger partial charge in [0.05, 0.1) is 0 Å². The average Bonchev–Trinajstić information content (AvgIpc) is 2.03. The first-order valence-electron chi connectivity index (χ1n) is 3.01. The maximum atomic E-state index is 6.48. The molecule has 0 fully saturated rings. The van der Waals surface area contributed by atoms with Crippen molar-refractivity contribution < 1.29 is 4.74 Å². The van der Waals surface area contributed by atoms with Gasteiger partial charge < -0.3 is 4.74 Å². The summed E-state index contributed by atoms with van der Waals surface area (Å²) in [4.78, 5) is 0. The fraction of sp³-hybridized carbons (Fsp3) is 0.125. The predicted octanol–water partition coefficient (Wildman–Crippen LogP) is 1.69. The zero-order valence-corrected chi connectivity index (χ0v) is 5.50. The molecular weight excluding hydrogens is 126 g/mol. The third kappa shape index (κ3) is 1.90. The van der Waals surface area contributed by atoms with Crippen LogP contribution in [0.2, 0.25) is 0 Å². The molecule has 0 atom stereocenters. The van der Waals surface area contributed by atoms with Crippen molar-refractivity contribution in [1.29, 1.82) is 5.41 Å². The number of rotatable bonds is 3. The largest absolute Gasteiger partial charge is 0.469 e. The van der Waals surface area contributed by atoms with Crippen molar-refractivity contribution >= 4 is 6.40 Å². The van der Waals surface area contributed by atoms with Gasteiger partial charge in [-0.15, -0.1) is 0 Å². The molecular formula is C8H8NO. The van der Waals surface area contributed by atoms with Gasteiger partial charge in [0.15, 0.2) is 0 Å². The molecule has 0 saturated heterocycles. The molecule has 2 heteroatoms. The van der Waals surface area contributed by atoms with E-state index in [9.17, 15) is 0 Å². The first-order chi connectivity index (χ1) is 4.93. The minimum atomic E-state index is 0.435. The fourth-order valence-electron chi connectivity index (χ4n) is 0.694. The second-order valence-electron chi connectivity index (χ2n) is 1.88. The Balaban J connectivity index is 2.50. The molecule has 0 aliphatic rings. The second kappa shape index (κ2) is 3.67. The van der Waals surface area contributed by atoms with Crippen LogP contribution in [-0.4, -0.2) is 6.40 Å². The highest BCUT2D eigenvalue weighted by molar-refractivity contribution is 5.41. The molecule has 0 aromatic heterocycles. The fourth-order valence-corrected chi connectivity index (χ4v) is 0.694.